The van der Waals surface area contributed by atoms with Crippen LogP contribution in [-0.2, 0) is 4.79 Å². The summed E-state index contributed by atoms with van der Waals surface area (Å²) >= 11 is 11.9. The van der Waals surface area contributed by atoms with Crippen LogP contribution in [0.2, 0.25) is 10.0 Å². The van der Waals surface area contributed by atoms with Gasteiger partial charge in [-0.15, -0.1) is 0 Å². The summed E-state index contributed by atoms with van der Waals surface area (Å²) in [7, 11) is 0. The number of hydrogen-bond donors (Lipinski definition) is 0. The van der Waals surface area contributed by atoms with Crippen molar-refractivity contribution in [1.29, 1.82) is 0 Å². The molecule has 0 aliphatic carbocycles. The predicted octanol–water partition coefficient (Wildman–Crippen LogP) is 4.34. The molecule has 0 unspecified atom stereocenters. The van der Waals surface area contributed by atoms with Crippen molar-refractivity contribution in [2.75, 3.05) is 18.1 Å². The highest BCUT2D eigenvalue weighted by molar-refractivity contribution is 6.35. The summed E-state index contributed by atoms with van der Waals surface area (Å²) in [6.07, 6.45) is 2.94. The van der Waals surface area contributed by atoms with E-state index in [4.69, 9.17) is 27.9 Å². The molecule has 128 valence electrons. The van der Waals surface area contributed by atoms with E-state index >= 15 is 0 Å². The number of nitro benzene ring substituents is 1. The number of nitro groups is 1. The molecular weight excluding hydrogens is 367 g/mol. The third-order valence-electron chi connectivity index (χ3n) is 3.65. The monoisotopic (exact) mass is 378 g/mol. The second-order valence-corrected chi connectivity index (χ2v) is 6.09. The van der Waals surface area contributed by atoms with Gasteiger partial charge in [-0.05, 0) is 29.8 Å². The molecule has 0 fully saturated rings. The minimum absolute atomic E-state index is 0.105. The molecule has 2 aromatic carbocycles. The molecule has 0 N–H and O–H groups in total. The first-order chi connectivity index (χ1) is 12.0. The summed E-state index contributed by atoms with van der Waals surface area (Å²) < 4.78 is 5.46. The summed E-state index contributed by atoms with van der Waals surface area (Å²) in [5.41, 5.74) is 0.913. The molecule has 1 aliphatic heterocycles. The first-order valence-corrected chi connectivity index (χ1v) is 8.07. The van der Waals surface area contributed by atoms with Crippen LogP contribution in [0.4, 0.5) is 11.4 Å². The van der Waals surface area contributed by atoms with Crippen LogP contribution in [0.1, 0.15) is 5.56 Å². The van der Waals surface area contributed by atoms with Gasteiger partial charge in [0.25, 0.3) is 11.6 Å². The number of carbonyl (C=O) groups is 1. The summed E-state index contributed by atoms with van der Waals surface area (Å²) in [4.78, 5) is 24.4. The van der Waals surface area contributed by atoms with E-state index in [0.717, 1.165) is 0 Å². The number of benzene rings is 2. The van der Waals surface area contributed by atoms with Crippen LogP contribution in [0.3, 0.4) is 0 Å². The van der Waals surface area contributed by atoms with E-state index < -0.39 is 4.92 Å². The quantitative estimate of drug-likeness (QED) is 0.452. The van der Waals surface area contributed by atoms with Crippen LogP contribution in [0, 0.1) is 10.1 Å². The summed E-state index contributed by atoms with van der Waals surface area (Å²) in [5.74, 6) is 0.110. The molecule has 0 atom stereocenters. The number of hydrogen-bond acceptors (Lipinski definition) is 4. The Bertz CT molecular complexity index is 883. The largest absolute Gasteiger partial charge is 0.490 e. The summed E-state index contributed by atoms with van der Waals surface area (Å²) in [6, 6.07) is 9.12. The topological polar surface area (TPSA) is 72.7 Å². The van der Waals surface area contributed by atoms with Crippen LogP contribution in [0.15, 0.2) is 42.5 Å². The summed E-state index contributed by atoms with van der Waals surface area (Å²) in [6.45, 7) is 0.609. The molecule has 6 nitrogen and oxygen atoms in total. The molecule has 1 heterocycles. The molecule has 1 aliphatic rings. The van der Waals surface area contributed by atoms with E-state index in [0.29, 0.717) is 40.2 Å². The molecule has 0 saturated heterocycles. The number of non-ortho nitro benzene ring substituents is 1. The standard InChI is InChI=1S/C17H12Cl2N2O4/c18-12-3-1-11(14(19)9-12)2-6-17(22)20-7-8-25-16-5-4-13(21(23)24)10-15(16)20/h1-6,9-10H,7-8H2/b6-2+. The lowest BCUT2D eigenvalue weighted by Crippen LogP contribution is -2.36. The van der Waals surface area contributed by atoms with E-state index in [2.05, 4.69) is 0 Å². The van der Waals surface area contributed by atoms with Gasteiger partial charge < -0.3 is 9.64 Å². The first kappa shape index (κ1) is 17.3. The Hall–Kier alpha value is -2.57. The van der Waals surface area contributed by atoms with Gasteiger partial charge in [-0.2, -0.15) is 0 Å². The van der Waals surface area contributed by atoms with Gasteiger partial charge in [0, 0.05) is 28.3 Å². The Morgan fingerprint density at radius 2 is 2.04 bits per heavy atom. The molecule has 8 heteroatoms. The van der Waals surface area contributed by atoms with E-state index in [1.165, 1.54) is 29.2 Å². The number of amides is 1. The molecule has 0 spiro atoms. The van der Waals surface area contributed by atoms with Crippen LogP contribution in [0.5, 0.6) is 5.75 Å². The van der Waals surface area contributed by atoms with Crippen LogP contribution in [-0.4, -0.2) is 24.0 Å². The number of fused-ring (bicyclic) bond motifs is 1. The molecular formula is C17H12Cl2N2O4. The normalized spacial score (nSPS) is 13.4. The fourth-order valence-electron chi connectivity index (χ4n) is 2.44. The molecule has 0 aromatic heterocycles. The van der Waals surface area contributed by atoms with Crippen molar-refractivity contribution in [3.8, 4) is 5.75 Å². The Labute approximate surface area is 153 Å². The van der Waals surface area contributed by atoms with Gasteiger partial charge in [-0.25, -0.2) is 0 Å². The highest BCUT2D eigenvalue weighted by atomic mass is 35.5. The van der Waals surface area contributed by atoms with Crippen molar-refractivity contribution in [2.24, 2.45) is 0 Å². The second-order valence-electron chi connectivity index (χ2n) is 5.25. The van der Waals surface area contributed by atoms with Crippen molar-refractivity contribution in [1.82, 2.24) is 0 Å². The van der Waals surface area contributed by atoms with Gasteiger partial charge in [-0.3, -0.25) is 14.9 Å². The van der Waals surface area contributed by atoms with Crippen molar-refractivity contribution >= 4 is 46.6 Å². The van der Waals surface area contributed by atoms with Crippen molar-refractivity contribution < 1.29 is 14.5 Å². The van der Waals surface area contributed by atoms with E-state index in [-0.39, 0.29) is 11.6 Å². The van der Waals surface area contributed by atoms with Crippen molar-refractivity contribution in [3.63, 3.8) is 0 Å². The Morgan fingerprint density at radius 3 is 2.76 bits per heavy atom. The zero-order valence-electron chi connectivity index (χ0n) is 12.8. The lowest BCUT2D eigenvalue weighted by Gasteiger charge is -2.28. The Morgan fingerprint density at radius 1 is 1.24 bits per heavy atom. The average molecular weight is 379 g/mol. The van der Waals surface area contributed by atoms with Gasteiger partial charge in [0.1, 0.15) is 12.4 Å². The van der Waals surface area contributed by atoms with Gasteiger partial charge in [0.05, 0.1) is 17.2 Å². The molecule has 2 aromatic rings. The SMILES string of the molecule is O=C(/C=C/c1ccc(Cl)cc1Cl)N1CCOc2ccc([N+](=O)[O-])cc21. The number of carbonyl (C=O) groups excluding carboxylic acids is 1. The molecule has 0 radical (unpaired) electrons. The molecule has 0 bridgehead atoms. The van der Waals surface area contributed by atoms with Gasteiger partial charge >= 0.3 is 0 Å². The minimum Gasteiger partial charge on any atom is -0.490 e. The van der Waals surface area contributed by atoms with Crippen molar-refractivity contribution in [3.05, 3.63) is 68.2 Å². The van der Waals surface area contributed by atoms with E-state index in [9.17, 15) is 14.9 Å². The minimum atomic E-state index is -0.513. The molecule has 0 saturated carbocycles. The van der Waals surface area contributed by atoms with Crippen LogP contribution >= 0.6 is 23.2 Å². The average Bonchev–Trinajstić information content (AvgIpc) is 2.59. The smallest absolute Gasteiger partial charge is 0.271 e. The zero-order valence-corrected chi connectivity index (χ0v) is 14.3. The third kappa shape index (κ3) is 3.75. The predicted molar refractivity (Wildman–Crippen MR) is 96.4 cm³/mol. The summed E-state index contributed by atoms with van der Waals surface area (Å²) in [5, 5.41) is 11.9. The Balaban J connectivity index is 1.87. The maximum atomic E-state index is 12.5. The maximum absolute atomic E-state index is 12.5. The molecule has 3 rings (SSSR count). The van der Waals surface area contributed by atoms with Crippen molar-refractivity contribution in [2.45, 2.75) is 0 Å². The van der Waals surface area contributed by atoms with Crippen LogP contribution < -0.4 is 9.64 Å². The number of nitrogens with zero attached hydrogens (tertiary/aromatic N) is 2. The third-order valence-corrected chi connectivity index (χ3v) is 4.21. The zero-order chi connectivity index (χ0) is 18.0. The lowest BCUT2D eigenvalue weighted by atomic mass is 10.2. The van der Waals surface area contributed by atoms with Crippen LogP contribution in [0.25, 0.3) is 6.08 Å². The highest BCUT2D eigenvalue weighted by Gasteiger charge is 2.24. The number of ether oxygens (including phenoxy) is 1. The second kappa shape index (κ2) is 7.13. The number of anilines is 1. The fraction of sp³-hybridized carbons (Fsp3) is 0.118. The maximum Gasteiger partial charge on any atom is 0.271 e. The first-order valence-electron chi connectivity index (χ1n) is 7.31. The molecule has 1 amide bonds. The van der Waals surface area contributed by atoms with Gasteiger partial charge in [0.15, 0.2) is 0 Å². The van der Waals surface area contributed by atoms with E-state index in [1.54, 1.807) is 24.3 Å². The highest BCUT2D eigenvalue weighted by Crippen LogP contribution is 2.35. The van der Waals surface area contributed by atoms with Gasteiger partial charge in [0.2, 0.25) is 0 Å². The lowest BCUT2D eigenvalue weighted by molar-refractivity contribution is -0.384. The Kier molecular flexibility index (Phi) is 4.92. The molecule has 25 heavy (non-hydrogen) atoms. The van der Waals surface area contributed by atoms with E-state index in [1.807, 2.05) is 0 Å². The van der Waals surface area contributed by atoms with Gasteiger partial charge in [-0.1, -0.05) is 29.3 Å². The fourth-order valence-corrected chi connectivity index (χ4v) is 2.91. The number of rotatable bonds is 3. The number of halogens is 2.